The number of aromatic hydroxyl groups is 1. The molecule has 0 radical (unpaired) electrons. The van der Waals surface area contributed by atoms with Crippen LogP contribution in [0.25, 0.3) is 0 Å². The second-order valence-corrected chi connectivity index (χ2v) is 7.23. The Labute approximate surface area is 180 Å². The number of benzene rings is 1. The first-order valence-corrected chi connectivity index (χ1v) is 9.92. The Morgan fingerprint density at radius 1 is 1.25 bits per heavy atom. The third-order valence-corrected chi connectivity index (χ3v) is 4.99. The Bertz CT molecular complexity index is 1180. The molecule has 0 atom stereocenters. The fraction of sp³-hybridized carbons (Fsp3) is 0.333. The van der Waals surface area contributed by atoms with Gasteiger partial charge in [0, 0.05) is 12.8 Å². The standard InChI is InChI=1S/C21H21F3N4O4/c22-21(23,24)19(31)26-16-9-5-4-8-15(16)25-12-14-17(29)27-20(32)28(18(14)30)11-10-13-6-2-1-3-7-13/h4-6,8-9,12,30H,1-3,7,10-11H2,(H,26,31)(H,27,29,32). The van der Waals surface area contributed by atoms with Gasteiger partial charge in [0.25, 0.3) is 5.56 Å². The second-order valence-electron chi connectivity index (χ2n) is 7.23. The first-order chi connectivity index (χ1) is 15.2. The summed E-state index contributed by atoms with van der Waals surface area (Å²) in [7, 11) is 0. The van der Waals surface area contributed by atoms with Crippen LogP contribution in [0.4, 0.5) is 24.5 Å². The van der Waals surface area contributed by atoms with Crippen molar-refractivity contribution >= 4 is 23.5 Å². The number of rotatable bonds is 6. The Balaban J connectivity index is 1.88. The van der Waals surface area contributed by atoms with Gasteiger partial charge in [0.2, 0.25) is 5.88 Å². The van der Waals surface area contributed by atoms with Crippen LogP contribution < -0.4 is 16.6 Å². The fourth-order valence-corrected chi connectivity index (χ4v) is 3.31. The first kappa shape index (κ1) is 23.0. The van der Waals surface area contributed by atoms with Crippen LogP contribution in [-0.4, -0.2) is 33.0 Å². The van der Waals surface area contributed by atoms with Crippen LogP contribution in [0.3, 0.4) is 0 Å². The van der Waals surface area contributed by atoms with E-state index in [-0.39, 0.29) is 23.5 Å². The molecule has 0 fully saturated rings. The maximum absolute atomic E-state index is 12.5. The zero-order valence-electron chi connectivity index (χ0n) is 16.9. The van der Waals surface area contributed by atoms with E-state index in [0.29, 0.717) is 6.42 Å². The molecule has 1 aromatic carbocycles. The van der Waals surface area contributed by atoms with Crippen molar-refractivity contribution in [1.29, 1.82) is 0 Å². The summed E-state index contributed by atoms with van der Waals surface area (Å²) in [6.45, 7) is 0.145. The number of amides is 1. The molecule has 170 valence electrons. The van der Waals surface area contributed by atoms with Crippen molar-refractivity contribution < 1.29 is 23.1 Å². The molecule has 0 spiro atoms. The molecular formula is C21H21F3N4O4. The predicted octanol–water partition coefficient (Wildman–Crippen LogP) is 3.38. The van der Waals surface area contributed by atoms with Crippen molar-refractivity contribution in [3.05, 3.63) is 62.3 Å². The SMILES string of the molecule is O=C(Nc1ccccc1N=Cc1c(O)n(CCC2=CCCCC2)c(=O)[nH]c1=O)C(F)(F)F. The van der Waals surface area contributed by atoms with Crippen molar-refractivity contribution in [2.24, 2.45) is 4.99 Å². The highest BCUT2D eigenvalue weighted by molar-refractivity contribution is 5.98. The number of carbonyl (C=O) groups excluding carboxylic acids is 1. The van der Waals surface area contributed by atoms with Crippen LogP contribution in [0.15, 0.2) is 50.5 Å². The summed E-state index contributed by atoms with van der Waals surface area (Å²) in [6, 6.07) is 5.40. The highest BCUT2D eigenvalue weighted by Crippen LogP contribution is 2.27. The molecule has 11 heteroatoms. The van der Waals surface area contributed by atoms with Gasteiger partial charge < -0.3 is 10.4 Å². The summed E-state index contributed by atoms with van der Waals surface area (Å²) >= 11 is 0. The van der Waals surface area contributed by atoms with E-state index in [1.165, 1.54) is 29.8 Å². The third kappa shape index (κ3) is 5.54. The predicted molar refractivity (Wildman–Crippen MR) is 113 cm³/mol. The molecule has 3 N–H and O–H groups in total. The Morgan fingerprint density at radius 2 is 2.00 bits per heavy atom. The molecule has 1 aliphatic carbocycles. The van der Waals surface area contributed by atoms with E-state index in [1.807, 2.05) is 0 Å². The van der Waals surface area contributed by atoms with E-state index in [9.17, 15) is 32.7 Å². The number of nitrogens with one attached hydrogen (secondary N) is 2. The average molecular weight is 450 g/mol. The van der Waals surface area contributed by atoms with Crippen molar-refractivity contribution in [2.75, 3.05) is 5.32 Å². The van der Waals surface area contributed by atoms with Crippen LogP contribution in [0.2, 0.25) is 0 Å². The maximum Gasteiger partial charge on any atom is 0.471 e. The van der Waals surface area contributed by atoms with Crippen LogP contribution in [0.5, 0.6) is 5.88 Å². The molecular weight excluding hydrogens is 429 g/mol. The van der Waals surface area contributed by atoms with Gasteiger partial charge >= 0.3 is 17.8 Å². The first-order valence-electron chi connectivity index (χ1n) is 9.92. The zero-order chi connectivity index (χ0) is 23.3. The molecule has 1 aromatic heterocycles. The third-order valence-electron chi connectivity index (χ3n) is 4.99. The quantitative estimate of drug-likeness (QED) is 0.462. The topological polar surface area (TPSA) is 117 Å². The lowest BCUT2D eigenvalue weighted by Crippen LogP contribution is -2.32. The van der Waals surface area contributed by atoms with Gasteiger partial charge in [-0.2, -0.15) is 13.2 Å². The minimum atomic E-state index is -5.09. The van der Waals surface area contributed by atoms with Crippen LogP contribution in [0.1, 0.15) is 37.7 Å². The minimum absolute atomic E-state index is 0.0750. The molecule has 0 bridgehead atoms. The largest absolute Gasteiger partial charge is 0.494 e. The fourth-order valence-electron chi connectivity index (χ4n) is 3.31. The van der Waals surface area contributed by atoms with Gasteiger partial charge in [-0.3, -0.25) is 24.1 Å². The van der Waals surface area contributed by atoms with E-state index < -0.39 is 29.2 Å². The van der Waals surface area contributed by atoms with Crippen molar-refractivity contribution in [3.63, 3.8) is 0 Å². The Hall–Kier alpha value is -3.63. The highest BCUT2D eigenvalue weighted by atomic mass is 19.4. The zero-order valence-corrected chi connectivity index (χ0v) is 16.9. The van der Waals surface area contributed by atoms with Crippen LogP contribution >= 0.6 is 0 Å². The maximum atomic E-state index is 12.5. The summed E-state index contributed by atoms with van der Waals surface area (Å²) in [5, 5.41) is 12.2. The van der Waals surface area contributed by atoms with E-state index >= 15 is 0 Å². The molecule has 1 aliphatic rings. The number of para-hydroxylation sites is 2. The number of allylic oxidation sites excluding steroid dienone is 2. The number of hydrogen-bond acceptors (Lipinski definition) is 5. The number of halogens is 3. The molecule has 3 rings (SSSR count). The van der Waals surface area contributed by atoms with Crippen molar-refractivity contribution in [3.8, 4) is 5.88 Å². The summed E-state index contributed by atoms with van der Waals surface area (Å²) in [5.74, 6) is -2.78. The van der Waals surface area contributed by atoms with Gasteiger partial charge in [0.1, 0.15) is 5.56 Å². The van der Waals surface area contributed by atoms with E-state index in [2.05, 4.69) is 16.1 Å². The van der Waals surface area contributed by atoms with Gasteiger partial charge in [-0.05, 0) is 44.2 Å². The van der Waals surface area contributed by atoms with Crippen molar-refractivity contribution in [1.82, 2.24) is 9.55 Å². The van der Waals surface area contributed by atoms with Gasteiger partial charge in [0.15, 0.2) is 0 Å². The Kier molecular flexibility index (Phi) is 6.96. The van der Waals surface area contributed by atoms with E-state index in [4.69, 9.17) is 0 Å². The van der Waals surface area contributed by atoms with Gasteiger partial charge in [-0.1, -0.05) is 23.8 Å². The summed E-state index contributed by atoms with van der Waals surface area (Å²) in [6.07, 6.45) is 2.52. The van der Waals surface area contributed by atoms with Gasteiger partial charge in [-0.25, -0.2) is 4.79 Å². The Morgan fingerprint density at radius 3 is 2.69 bits per heavy atom. The van der Waals surface area contributed by atoms with E-state index in [1.54, 1.807) is 5.32 Å². The number of carbonyl (C=O) groups is 1. The molecule has 8 nitrogen and oxygen atoms in total. The lowest BCUT2D eigenvalue weighted by Gasteiger charge is -2.14. The van der Waals surface area contributed by atoms with Crippen molar-refractivity contribution in [2.45, 2.75) is 44.8 Å². The van der Waals surface area contributed by atoms with Crippen LogP contribution in [-0.2, 0) is 11.3 Å². The smallest absolute Gasteiger partial charge is 0.471 e. The summed E-state index contributed by atoms with van der Waals surface area (Å²) in [5.41, 5.74) is -1.16. The summed E-state index contributed by atoms with van der Waals surface area (Å²) < 4.78 is 38.7. The molecule has 2 aromatic rings. The monoisotopic (exact) mass is 450 g/mol. The molecule has 0 unspecified atom stereocenters. The number of H-pyrrole nitrogens is 1. The molecule has 32 heavy (non-hydrogen) atoms. The molecule has 0 saturated heterocycles. The summed E-state index contributed by atoms with van der Waals surface area (Å²) in [4.78, 5) is 41.6. The van der Waals surface area contributed by atoms with Gasteiger partial charge in [-0.15, -0.1) is 0 Å². The number of aromatic nitrogens is 2. The highest BCUT2D eigenvalue weighted by Gasteiger charge is 2.38. The molecule has 1 heterocycles. The minimum Gasteiger partial charge on any atom is -0.494 e. The number of nitrogens with zero attached hydrogens (tertiary/aromatic N) is 2. The van der Waals surface area contributed by atoms with E-state index in [0.717, 1.165) is 36.5 Å². The average Bonchev–Trinajstić information content (AvgIpc) is 2.74. The second kappa shape index (κ2) is 9.67. The number of aliphatic imine (C=N–C) groups is 1. The normalized spacial score (nSPS) is 14.4. The van der Waals surface area contributed by atoms with Gasteiger partial charge in [0.05, 0.1) is 11.4 Å². The van der Waals surface area contributed by atoms with Crippen LogP contribution in [0, 0.1) is 0 Å². The molecule has 0 saturated carbocycles. The molecule has 0 aliphatic heterocycles. The number of hydrogen-bond donors (Lipinski definition) is 3. The lowest BCUT2D eigenvalue weighted by molar-refractivity contribution is -0.167. The number of alkyl halides is 3. The lowest BCUT2D eigenvalue weighted by atomic mass is 9.97. The number of aromatic amines is 1. The number of anilines is 1. The molecule has 1 amide bonds.